The molecule has 0 radical (unpaired) electrons. The molecule has 0 saturated heterocycles. The second-order valence-corrected chi connectivity index (χ2v) is 6.55. The summed E-state index contributed by atoms with van der Waals surface area (Å²) in [6, 6.07) is 9.90. The second kappa shape index (κ2) is 7.03. The largest absolute Gasteiger partial charge is 0.349 e. The second-order valence-electron chi connectivity index (χ2n) is 5.55. The first-order valence-electron chi connectivity index (χ1n) is 7.59. The Bertz CT molecular complexity index is 633. The summed E-state index contributed by atoms with van der Waals surface area (Å²) >= 11 is 1.42. The minimum absolute atomic E-state index is 0.0890. The zero-order valence-corrected chi connectivity index (χ0v) is 14.2. The van der Waals surface area contributed by atoms with Crippen molar-refractivity contribution in [2.75, 3.05) is 6.54 Å². The number of nitrogens with zero attached hydrogens (tertiary/aromatic N) is 1. The van der Waals surface area contributed by atoms with Crippen molar-refractivity contribution in [2.24, 2.45) is 5.73 Å². The number of aromatic nitrogens is 1. The van der Waals surface area contributed by atoms with Gasteiger partial charge in [0.05, 0.1) is 5.69 Å². The van der Waals surface area contributed by atoms with E-state index in [4.69, 9.17) is 5.73 Å². The molecular weight excluding hydrogens is 294 g/mol. The van der Waals surface area contributed by atoms with Crippen molar-refractivity contribution in [1.82, 2.24) is 10.3 Å². The van der Waals surface area contributed by atoms with Crippen LogP contribution in [0.1, 0.15) is 42.1 Å². The fraction of sp³-hybridized carbons (Fsp3) is 0.412. The van der Waals surface area contributed by atoms with E-state index in [-0.39, 0.29) is 11.4 Å². The first-order chi connectivity index (χ1) is 10.5. The Morgan fingerprint density at radius 1 is 1.27 bits per heavy atom. The molecule has 1 amide bonds. The summed E-state index contributed by atoms with van der Waals surface area (Å²) in [4.78, 5) is 17.6. The van der Waals surface area contributed by atoms with Crippen LogP contribution in [0.4, 0.5) is 0 Å². The van der Waals surface area contributed by atoms with Crippen molar-refractivity contribution in [2.45, 2.75) is 39.2 Å². The van der Waals surface area contributed by atoms with E-state index in [9.17, 15) is 4.79 Å². The third kappa shape index (κ3) is 3.72. The lowest BCUT2D eigenvalue weighted by atomic mass is 9.94. The van der Waals surface area contributed by atoms with Gasteiger partial charge in [0, 0.05) is 17.6 Å². The Balaban J connectivity index is 2.13. The van der Waals surface area contributed by atoms with Crippen LogP contribution in [0, 0.1) is 6.92 Å². The maximum atomic E-state index is 12.4. The maximum Gasteiger partial charge on any atom is 0.263 e. The SMILES string of the molecule is CCC(N)(CC)CNC(=O)c1sc(-c2ccccc2)nc1C. The van der Waals surface area contributed by atoms with Gasteiger partial charge in [0.1, 0.15) is 9.88 Å². The summed E-state index contributed by atoms with van der Waals surface area (Å²) in [5.74, 6) is -0.0890. The molecule has 0 unspecified atom stereocenters. The first-order valence-corrected chi connectivity index (χ1v) is 8.40. The normalized spacial score (nSPS) is 11.5. The number of nitrogens with two attached hydrogens (primary N) is 1. The van der Waals surface area contributed by atoms with Crippen LogP contribution in [0.2, 0.25) is 0 Å². The predicted molar refractivity (Wildman–Crippen MR) is 92.1 cm³/mol. The number of hydrogen-bond donors (Lipinski definition) is 2. The maximum absolute atomic E-state index is 12.4. The molecule has 0 aliphatic heterocycles. The van der Waals surface area contributed by atoms with Gasteiger partial charge in [-0.15, -0.1) is 11.3 Å². The minimum Gasteiger partial charge on any atom is -0.349 e. The number of carbonyl (C=O) groups is 1. The molecule has 0 spiro atoms. The average molecular weight is 317 g/mol. The lowest BCUT2D eigenvalue weighted by Crippen LogP contribution is -2.49. The van der Waals surface area contributed by atoms with Crippen LogP contribution in [-0.4, -0.2) is 23.0 Å². The number of benzene rings is 1. The monoisotopic (exact) mass is 317 g/mol. The number of rotatable bonds is 6. The van der Waals surface area contributed by atoms with Gasteiger partial charge in [-0.1, -0.05) is 44.2 Å². The number of aryl methyl sites for hydroxylation is 1. The van der Waals surface area contributed by atoms with Crippen molar-refractivity contribution in [3.8, 4) is 10.6 Å². The van der Waals surface area contributed by atoms with E-state index < -0.39 is 0 Å². The average Bonchev–Trinajstić information content (AvgIpc) is 2.95. The van der Waals surface area contributed by atoms with Gasteiger partial charge in [-0.25, -0.2) is 4.98 Å². The van der Waals surface area contributed by atoms with E-state index >= 15 is 0 Å². The molecule has 5 heteroatoms. The van der Waals surface area contributed by atoms with Crippen LogP contribution in [-0.2, 0) is 0 Å². The first kappa shape index (κ1) is 16.6. The molecule has 0 saturated carbocycles. The minimum atomic E-state index is -0.337. The molecule has 1 aromatic carbocycles. The van der Waals surface area contributed by atoms with Gasteiger partial charge in [0.25, 0.3) is 5.91 Å². The molecule has 22 heavy (non-hydrogen) atoms. The molecule has 0 fully saturated rings. The number of hydrogen-bond acceptors (Lipinski definition) is 4. The number of amides is 1. The third-order valence-electron chi connectivity index (χ3n) is 4.03. The topological polar surface area (TPSA) is 68.0 Å². The van der Waals surface area contributed by atoms with E-state index in [2.05, 4.69) is 10.3 Å². The van der Waals surface area contributed by atoms with Gasteiger partial charge in [-0.3, -0.25) is 4.79 Å². The molecular formula is C17H23N3OS. The Hall–Kier alpha value is -1.72. The Morgan fingerprint density at radius 2 is 1.91 bits per heavy atom. The number of nitrogens with one attached hydrogen (secondary N) is 1. The standard InChI is InChI=1S/C17H23N3OS/c1-4-17(18,5-2)11-19-15(21)14-12(3)20-16(22-14)13-9-7-6-8-10-13/h6-10H,4-5,11,18H2,1-3H3,(H,19,21). The Labute approximate surface area is 135 Å². The van der Waals surface area contributed by atoms with E-state index in [0.29, 0.717) is 11.4 Å². The molecule has 0 aliphatic rings. The molecule has 0 aliphatic carbocycles. The van der Waals surface area contributed by atoms with Crippen LogP contribution in [0.25, 0.3) is 10.6 Å². The van der Waals surface area contributed by atoms with Crippen LogP contribution in [0.3, 0.4) is 0 Å². The van der Waals surface area contributed by atoms with Crippen molar-refractivity contribution < 1.29 is 4.79 Å². The van der Waals surface area contributed by atoms with Gasteiger partial charge >= 0.3 is 0 Å². The lowest BCUT2D eigenvalue weighted by molar-refractivity contribution is 0.0945. The molecule has 2 aromatic rings. The Kier molecular flexibility index (Phi) is 5.32. The van der Waals surface area contributed by atoms with Crippen molar-refractivity contribution in [3.05, 3.63) is 40.9 Å². The van der Waals surface area contributed by atoms with Crippen molar-refractivity contribution >= 4 is 17.2 Å². The highest BCUT2D eigenvalue weighted by Crippen LogP contribution is 2.27. The zero-order chi connectivity index (χ0) is 16.2. The fourth-order valence-corrected chi connectivity index (χ4v) is 3.14. The van der Waals surface area contributed by atoms with Crippen LogP contribution in [0.5, 0.6) is 0 Å². The summed E-state index contributed by atoms with van der Waals surface area (Å²) in [5, 5.41) is 3.82. The highest BCUT2D eigenvalue weighted by atomic mass is 32.1. The van der Waals surface area contributed by atoms with Gasteiger partial charge in [-0.2, -0.15) is 0 Å². The molecule has 1 aromatic heterocycles. The van der Waals surface area contributed by atoms with Crippen LogP contribution < -0.4 is 11.1 Å². The van der Waals surface area contributed by atoms with Gasteiger partial charge in [0.2, 0.25) is 0 Å². The van der Waals surface area contributed by atoms with Gasteiger partial charge in [0.15, 0.2) is 0 Å². The molecule has 3 N–H and O–H groups in total. The summed E-state index contributed by atoms with van der Waals surface area (Å²) in [7, 11) is 0. The van der Waals surface area contributed by atoms with Crippen LogP contribution >= 0.6 is 11.3 Å². The van der Waals surface area contributed by atoms with Gasteiger partial charge < -0.3 is 11.1 Å². The smallest absolute Gasteiger partial charge is 0.263 e. The van der Waals surface area contributed by atoms with Crippen molar-refractivity contribution in [1.29, 1.82) is 0 Å². The molecule has 0 atom stereocenters. The molecule has 2 rings (SSSR count). The van der Waals surface area contributed by atoms with E-state index in [0.717, 1.165) is 29.1 Å². The summed E-state index contributed by atoms with van der Waals surface area (Å²) in [5.41, 5.74) is 7.69. The summed E-state index contributed by atoms with van der Waals surface area (Å²) in [6.45, 7) is 6.44. The van der Waals surface area contributed by atoms with E-state index in [1.165, 1.54) is 11.3 Å². The molecule has 118 valence electrons. The third-order valence-corrected chi connectivity index (χ3v) is 5.24. The molecule has 4 nitrogen and oxygen atoms in total. The van der Waals surface area contributed by atoms with Crippen LogP contribution in [0.15, 0.2) is 30.3 Å². The highest BCUT2D eigenvalue weighted by Gasteiger charge is 2.23. The lowest BCUT2D eigenvalue weighted by Gasteiger charge is -2.26. The summed E-state index contributed by atoms with van der Waals surface area (Å²) < 4.78 is 0. The van der Waals surface area contributed by atoms with Gasteiger partial charge in [-0.05, 0) is 19.8 Å². The van der Waals surface area contributed by atoms with Crippen molar-refractivity contribution in [3.63, 3.8) is 0 Å². The summed E-state index contributed by atoms with van der Waals surface area (Å²) in [6.07, 6.45) is 1.67. The van der Waals surface area contributed by atoms with E-state index in [1.807, 2.05) is 51.1 Å². The number of carbonyl (C=O) groups excluding carboxylic acids is 1. The van der Waals surface area contributed by atoms with E-state index in [1.54, 1.807) is 0 Å². The quantitative estimate of drug-likeness (QED) is 0.858. The molecule has 0 bridgehead atoms. The Morgan fingerprint density at radius 3 is 2.50 bits per heavy atom. The molecule has 1 heterocycles. The number of thiazole rings is 1. The zero-order valence-electron chi connectivity index (χ0n) is 13.3. The predicted octanol–water partition coefficient (Wildman–Crippen LogP) is 3.37. The highest BCUT2D eigenvalue weighted by molar-refractivity contribution is 7.17. The fourth-order valence-electron chi connectivity index (χ4n) is 2.15.